The standard InChI is InChI=1S/C25H29Cl2NO2/c1-6-28-16-10-24(2,3)12-18(29)21(16)23(20-14(26)8-7-9-15(20)27)22-17(28)11-25(4,5)13-19(22)30/h7-9,23H,6,10-13H2,1-5H3. The second-order valence-electron chi connectivity index (χ2n) is 10.4. The first-order valence-corrected chi connectivity index (χ1v) is 11.5. The van der Waals surface area contributed by atoms with E-state index in [1.165, 1.54) is 0 Å². The molecule has 4 rings (SSSR count). The van der Waals surface area contributed by atoms with Gasteiger partial charge in [0.2, 0.25) is 0 Å². The quantitative estimate of drug-likeness (QED) is 0.507. The predicted molar refractivity (Wildman–Crippen MR) is 122 cm³/mol. The van der Waals surface area contributed by atoms with Gasteiger partial charge in [-0.15, -0.1) is 0 Å². The Morgan fingerprint density at radius 1 is 0.867 bits per heavy atom. The van der Waals surface area contributed by atoms with Gasteiger partial charge in [-0.3, -0.25) is 9.59 Å². The van der Waals surface area contributed by atoms with Crippen LogP contribution in [0, 0.1) is 10.8 Å². The molecule has 160 valence electrons. The molecule has 0 saturated heterocycles. The van der Waals surface area contributed by atoms with Crippen LogP contribution >= 0.6 is 23.2 Å². The van der Waals surface area contributed by atoms with Crippen molar-refractivity contribution in [1.29, 1.82) is 0 Å². The summed E-state index contributed by atoms with van der Waals surface area (Å²) in [6.45, 7) is 11.4. The van der Waals surface area contributed by atoms with E-state index in [9.17, 15) is 9.59 Å². The second kappa shape index (κ2) is 7.24. The molecule has 5 heteroatoms. The van der Waals surface area contributed by atoms with Crippen molar-refractivity contribution in [3.8, 4) is 0 Å². The molecule has 0 fully saturated rings. The average Bonchev–Trinajstić information content (AvgIpc) is 2.58. The molecule has 1 heterocycles. The molecule has 0 atom stereocenters. The van der Waals surface area contributed by atoms with Gasteiger partial charge < -0.3 is 4.90 Å². The summed E-state index contributed by atoms with van der Waals surface area (Å²) in [5, 5.41) is 1.01. The summed E-state index contributed by atoms with van der Waals surface area (Å²) in [7, 11) is 0. The molecule has 3 aliphatic rings. The lowest BCUT2D eigenvalue weighted by molar-refractivity contribution is -0.119. The average molecular weight is 446 g/mol. The van der Waals surface area contributed by atoms with E-state index in [2.05, 4.69) is 39.5 Å². The summed E-state index contributed by atoms with van der Waals surface area (Å²) in [6.07, 6.45) is 2.52. The fourth-order valence-corrected chi connectivity index (χ4v) is 6.12. The Morgan fingerprint density at radius 3 is 1.70 bits per heavy atom. The van der Waals surface area contributed by atoms with E-state index in [0.29, 0.717) is 28.5 Å². The lowest BCUT2D eigenvalue weighted by Gasteiger charge is -2.49. The number of Topliss-reactive ketones (excluding diaryl/α,β-unsaturated/α-hetero) is 2. The van der Waals surface area contributed by atoms with Gasteiger partial charge in [0.1, 0.15) is 0 Å². The molecular formula is C25H29Cl2NO2. The molecular weight excluding hydrogens is 417 g/mol. The van der Waals surface area contributed by atoms with Crippen LogP contribution in [0.3, 0.4) is 0 Å². The van der Waals surface area contributed by atoms with Crippen molar-refractivity contribution in [2.45, 2.75) is 66.2 Å². The van der Waals surface area contributed by atoms with E-state index in [-0.39, 0.29) is 22.4 Å². The summed E-state index contributed by atoms with van der Waals surface area (Å²) in [5.41, 5.74) is 3.98. The summed E-state index contributed by atoms with van der Waals surface area (Å²) >= 11 is 13.3. The monoisotopic (exact) mass is 445 g/mol. The van der Waals surface area contributed by atoms with Gasteiger partial charge in [-0.25, -0.2) is 0 Å². The molecule has 1 aromatic rings. The van der Waals surface area contributed by atoms with Crippen LogP contribution in [0.25, 0.3) is 0 Å². The van der Waals surface area contributed by atoms with Crippen molar-refractivity contribution >= 4 is 34.8 Å². The SMILES string of the molecule is CCN1C2=C(C(=O)CC(C)(C)C2)C(c2c(Cl)cccc2Cl)C2=C1CC(C)(C)CC2=O. The number of nitrogens with zero attached hydrogens (tertiary/aromatic N) is 1. The number of carbonyl (C=O) groups excluding carboxylic acids is 2. The summed E-state index contributed by atoms with van der Waals surface area (Å²) in [5.74, 6) is -0.277. The first kappa shape index (κ1) is 21.6. The number of carbonyl (C=O) groups is 2. The zero-order valence-electron chi connectivity index (χ0n) is 18.4. The van der Waals surface area contributed by atoms with E-state index in [0.717, 1.165) is 41.9 Å². The van der Waals surface area contributed by atoms with Gasteiger partial charge in [-0.05, 0) is 42.7 Å². The van der Waals surface area contributed by atoms with E-state index >= 15 is 0 Å². The summed E-state index contributed by atoms with van der Waals surface area (Å²) < 4.78 is 0. The highest BCUT2D eigenvalue weighted by atomic mass is 35.5. The van der Waals surface area contributed by atoms with Crippen LogP contribution in [0.5, 0.6) is 0 Å². The molecule has 0 spiro atoms. The largest absolute Gasteiger partial charge is 0.348 e. The number of halogens is 2. The Kier molecular flexibility index (Phi) is 5.22. The molecule has 30 heavy (non-hydrogen) atoms. The molecule has 0 bridgehead atoms. The third-order valence-electron chi connectivity index (χ3n) is 6.63. The highest BCUT2D eigenvalue weighted by Gasteiger charge is 2.49. The number of hydrogen-bond acceptors (Lipinski definition) is 3. The molecule has 0 amide bonds. The van der Waals surface area contributed by atoms with Gasteiger partial charge in [0.15, 0.2) is 11.6 Å². The van der Waals surface area contributed by atoms with Crippen molar-refractivity contribution in [1.82, 2.24) is 4.90 Å². The van der Waals surface area contributed by atoms with Gasteiger partial charge in [0.05, 0.1) is 0 Å². The van der Waals surface area contributed by atoms with Gasteiger partial charge >= 0.3 is 0 Å². The molecule has 1 aliphatic heterocycles. The summed E-state index contributed by atoms with van der Waals surface area (Å²) in [4.78, 5) is 29.3. The first-order chi connectivity index (χ1) is 14.0. The fraction of sp³-hybridized carbons (Fsp3) is 0.520. The van der Waals surface area contributed by atoms with Crippen LogP contribution in [0.1, 0.15) is 71.8 Å². The highest BCUT2D eigenvalue weighted by molar-refractivity contribution is 6.36. The molecule has 0 saturated carbocycles. The normalized spacial score (nSPS) is 23.6. The minimum Gasteiger partial charge on any atom is -0.348 e. The van der Waals surface area contributed by atoms with Crippen molar-refractivity contribution < 1.29 is 9.59 Å². The second-order valence-corrected chi connectivity index (χ2v) is 11.2. The first-order valence-electron chi connectivity index (χ1n) is 10.7. The molecule has 2 aliphatic carbocycles. The van der Waals surface area contributed by atoms with Crippen molar-refractivity contribution in [3.63, 3.8) is 0 Å². The van der Waals surface area contributed by atoms with Gasteiger partial charge in [0.25, 0.3) is 0 Å². The number of hydrogen-bond donors (Lipinski definition) is 0. The fourth-order valence-electron chi connectivity index (χ4n) is 5.50. The number of rotatable bonds is 2. The molecule has 0 radical (unpaired) electrons. The van der Waals surface area contributed by atoms with Crippen LogP contribution in [-0.2, 0) is 9.59 Å². The smallest absolute Gasteiger partial charge is 0.162 e. The molecule has 0 aromatic heterocycles. The lowest BCUT2D eigenvalue weighted by Crippen LogP contribution is -2.44. The maximum absolute atomic E-state index is 13.5. The Bertz CT molecular complexity index is 942. The number of benzene rings is 1. The van der Waals surface area contributed by atoms with Crippen LogP contribution in [0.4, 0.5) is 0 Å². The van der Waals surface area contributed by atoms with Gasteiger partial charge in [-0.1, -0.05) is 57.0 Å². The Balaban J connectivity index is 2.05. The third-order valence-corrected chi connectivity index (χ3v) is 7.29. The maximum Gasteiger partial charge on any atom is 0.162 e. The van der Waals surface area contributed by atoms with Crippen molar-refractivity contribution in [2.75, 3.05) is 6.54 Å². The number of allylic oxidation sites excluding steroid dienone is 4. The predicted octanol–water partition coefficient (Wildman–Crippen LogP) is 6.70. The zero-order chi connectivity index (χ0) is 22.0. The molecule has 0 N–H and O–H groups in total. The Morgan fingerprint density at radius 2 is 1.30 bits per heavy atom. The molecule has 3 nitrogen and oxygen atoms in total. The molecule has 0 unspecified atom stereocenters. The minimum atomic E-state index is -0.480. The lowest BCUT2D eigenvalue weighted by atomic mass is 9.63. The van der Waals surface area contributed by atoms with Crippen molar-refractivity contribution in [2.24, 2.45) is 10.8 Å². The maximum atomic E-state index is 13.5. The van der Waals surface area contributed by atoms with Crippen molar-refractivity contribution in [3.05, 3.63) is 56.3 Å². The van der Waals surface area contributed by atoms with Crippen LogP contribution in [-0.4, -0.2) is 23.0 Å². The summed E-state index contributed by atoms with van der Waals surface area (Å²) in [6, 6.07) is 5.39. The van der Waals surface area contributed by atoms with E-state index < -0.39 is 5.92 Å². The third kappa shape index (κ3) is 3.44. The van der Waals surface area contributed by atoms with Crippen LogP contribution in [0.2, 0.25) is 10.0 Å². The highest BCUT2D eigenvalue weighted by Crippen LogP contribution is 2.55. The van der Waals surface area contributed by atoms with E-state index in [4.69, 9.17) is 23.2 Å². The Hall–Kier alpha value is -1.58. The van der Waals surface area contributed by atoms with Crippen LogP contribution < -0.4 is 0 Å². The van der Waals surface area contributed by atoms with Gasteiger partial charge in [0, 0.05) is 63.5 Å². The Labute approximate surface area is 189 Å². The van der Waals surface area contributed by atoms with E-state index in [1.54, 1.807) is 18.2 Å². The van der Waals surface area contributed by atoms with E-state index in [1.807, 2.05) is 0 Å². The van der Waals surface area contributed by atoms with Crippen LogP contribution in [0.15, 0.2) is 40.7 Å². The van der Waals surface area contributed by atoms with Gasteiger partial charge in [-0.2, -0.15) is 0 Å². The number of ketones is 2. The topological polar surface area (TPSA) is 37.4 Å². The minimum absolute atomic E-state index is 0.102. The zero-order valence-corrected chi connectivity index (χ0v) is 19.9. The molecule has 1 aromatic carbocycles.